The molecule has 0 unspecified atom stereocenters. The Labute approximate surface area is 147 Å². The summed E-state index contributed by atoms with van der Waals surface area (Å²) < 4.78 is 63.4. The lowest BCUT2D eigenvalue weighted by molar-refractivity contribution is -0.123. The van der Waals surface area contributed by atoms with Gasteiger partial charge in [0.2, 0.25) is 0 Å². The predicted molar refractivity (Wildman–Crippen MR) is 86.8 cm³/mol. The number of hydrogen-bond donors (Lipinski definition) is 2. The Hall–Kier alpha value is -3.06. The van der Waals surface area contributed by atoms with Crippen LogP contribution in [0.5, 0.6) is 0 Å². The highest BCUT2D eigenvalue weighted by Crippen LogP contribution is 2.18. The van der Waals surface area contributed by atoms with E-state index < -0.39 is 28.7 Å². The third kappa shape index (κ3) is 5.22. The lowest BCUT2D eigenvalue weighted by atomic mass is 10.2. The average Bonchev–Trinajstić information content (AvgIpc) is 2.59. The molecule has 0 aliphatic carbocycles. The summed E-state index contributed by atoms with van der Waals surface area (Å²) in [4.78, 5) is 11.5. The molecule has 0 saturated carbocycles. The van der Waals surface area contributed by atoms with Gasteiger partial charge in [-0.3, -0.25) is 9.52 Å². The molecule has 0 spiro atoms. The van der Waals surface area contributed by atoms with Crippen molar-refractivity contribution < 1.29 is 26.4 Å². The molecule has 0 radical (unpaired) electrons. The number of carbonyl (C=O) groups is 1. The van der Waals surface area contributed by atoms with Crippen molar-refractivity contribution in [2.45, 2.75) is 11.1 Å². The Morgan fingerprint density at radius 3 is 2.35 bits per heavy atom. The molecule has 2 rings (SSSR count). The van der Waals surface area contributed by atoms with E-state index in [1.54, 1.807) is 5.32 Å². The Balaban J connectivity index is 2.19. The summed E-state index contributed by atoms with van der Waals surface area (Å²) in [6.45, 7) is -1.52. The Bertz CT molecular complexity index is 949. The summed E-state index contributed by atoms with van der Waals surface area (Å²) in [5.41, 5.74) is 0.309. The molecule has 10 heteroatoms. The second kappa shape index (κ2) is 7.45. The summed E-state index contributed by atoms with van der Waals surface area (Å²) in [5, 5.41) is 10.4. The third-order valence-electron chi connectivity index (χ3n) is 3.12. The highest BCUT2D eigenvalue weighted by Gasteiger charge is 2.28. The number of nitrogens with zero attached hydrogens (tertiary/aromatic N) is 1. The van der Waals surface area contributed by atoms with Crippen LogP contribution in [0.1, 0.15) is 15.9 Å². The highest BCUT2D eigenvalue weighted by atomic mass is 32.2. The molecule has 1 amide bonds. The molecule has 26 heavy (non-hydrogen) atoms. The zero-order valence-electron chi connectivity index (χ0n) is 13.0. The Morgan fingerprint density at radius 1 is 1.12 bits per heavy atom. The summed E-state index contributed by atoms with van der Waals surface area (Å²) in [6, 6.07) is 12.1. The quantitative estimate of drug-likeness (QED) is 0.829. The molecular weight excluding hydrogens is 371 g/mol. The zero-order valence-corrected chi connectivity index (χ0v) is 13.9. The number of benzene rings is 2. The Kier molecular flexibility index (Phi) is 5.52. The number of carbonyl (C=O) groups excluding carboxylic acids is 1. The van der Waals surface area contributed by atoms with Gasteiger partial charge >= 0.3 is 6.18 Å². The number of halogens is 3. The lowest BCUT2D eigenvalue weighted by Crippen LogP contribution is -2.33. The van der Waals surface area contributed by atoms with Gasteiger partial charge in [-0.15, -0.1) is 0 Å². The summed E-state index contributed by atoms with van der Waals surface area (Å²) in [7, 11) is -4.07. The number of anilines is 1. The maximum absolute atomic E-state index is 12.4. The van der Waals surface area contributed by atoms with Crippen LogP contribution in [0.25, 0.3) is 0 Å². The van der Waals surface area contributed by atoms with Crippen molar-refractivity contribution in [1.82, 2.24) is 5.32 Å². The molecule has 0 aliphatic heterocycles. The maximum atomic E-state index is 12.4. The minimum atomic E-state index is -4.57. The zero-order chi connectivity index (χ0) is 19.4. The topological polar surface area (TPSA) is 99.1 Å². The summed E-state index contributed by atoms with van der Waals surface area (Å²) in [6.07, 6.45) is -4.57. The number of nitriles is 1. The number of hydrogen-bond acceptors (Lipinski definition) is 4. The van der Waals surface area contributed by atoms with E-state index in [9.17, 15) is 26.4 Å². The van der Waals surface area contributed by atoms with Gasteiger partial charge in [0.05, 0.1) is 16.5 Å². The largest absolute Gasteiger partial charge is 0.405 e. The van der Waals surface area contributed by atoms with Crippen LogP contribution < -0.4 is 10.0 Å². The van der Waals surface area contributed by atoms with Crippen LogP contribution in [0.2, 0.25) is 0 Å². The van der Waals surface area contributed by atoms with Crippen LogP contribution in [0.15, 0.2) is 53.4 Å². The SMILES string of the molecule is N#Cc1ccc(NS(=O)(=O)c2cccc(C(=O)NCC(F)(F)F)c2)cc1. The van der Waals surface area contributed by atoms with Crippen LogP contribution in [0.4, 0.5) is 18.9 Å². The van der Waals surface area contributed by atoms with E-state index in [1.807, 2.05) is 6.07 Å². The highest BCUT2D eigenvalue weighted by molar-refractivity contribution is 7.92. The monoisotopic (exact) mass is 383 g/mol. The number of alkyl halides is 3. The predicted octanol–water partition coefficient (Wildman–Crippen LogP) is 2.65. The smallest absolute Gasteiger partial charge is 0.343 e. The van der Waals surface area contributed by atoms with Crippen molar-refractivity contribution in [3.8, 4) is 6.07 Å². The van der Waals surface area contributed by atoms with Crippen molar-refractivity contribution in [1.29, 1.82) is 5.26 Å². The molecule has 136 valence electrons. The van der Waals surface area contributed by atoms with Crippen LogP contribution in [-0.2, 0) is 10.0 Å². The normalized spacial score (nSPS) is 11.5. The molecule has 0 fully saturated rings. The minimum Gasteiger partial charge on any atom is -0.343 e. The first-order valence-corrected chi connectivity index (χ1v) is 8.57. The number of sulfonamides is 1. The maximum Gasteiger partial charge on any atom is 0.405 e. The van der Waals surface area contributed by atoms with Crippen molar-refractivity contribution in [2.24, 2.45) is 0 Å². The minimum absolute atomic E-state index is 0.191. The van der Waals surface area contributed by atoms with Gasteiger partial charge in [-0.2, -0.15) is 18.4 Å². The van der Waals surface area contributed by atoms with Gasteiger partial charge in [-0.25, -0.2) is 8.42 Å². The van der Waals surface area contributed by atoms with E-state index in [4.69, 9.17) is 5.26 Å². The van der Waals surface area contributed by atoms with Gasteiger partial charge in [0, 0.05) is 11.3 Å². The first kappa shape index (κ1) is 19.3. The molecule has 2 aromatic carbocycles. The van der Waals surface area contributed by atoms with Gasteiger partial charge < -0.3 is 5.32 Å². The first-order chi connectivity index (χ1) is 12.1. The standard InChI is InChI=1S/C16H12F3N3O3S/c17-16(18,19)10-21-15(23)12-2-1-3-14(8-12)26(24,25)22-13-6-4-11(9-20)5-7-13/h1-8,22H,10H2,(H,21,23). The third-order valence-corrected chi connectivity index (χ3v) is 4.50. The molecule has 0 bridgehead atoms. The van der Waals surface area contributed by atoms with Gasteiger partial charge in [0.25, 0.3) is 15.9 Å². The summed E-state index contributed by atoms with van der Waals surface area (Å²) in [5.74, 6) is -1.04. The molecular formula is C16H12F3N3O3S. The van der Waals surface area contributed by atoms with Crippen molar-refractivity contribution >= 4 is 21.6 Å². The molecule has 2 aromatic rings. The van der Waals surface area contributed by atoms with Crippen LogP contribution in [-0.4, -0.2) is 27.0 Å². The molecule has 6 nitrogen and oxygen atoms in total. The molecule has 0 atom stereocenters. The van der Waals surface area contributed by atoms with E-state index in [-0.39, 0.29) is 16.1 Å². The van der Waals surface area contributed by atoms with E-state index >= 15 is 0 Å². The fourth-order valence-electron chi connectivity index (χ4n) is 1.91. The van der Waals surface area contributed by atoms with E-state index in [0.717, 1.165) is 6.07 Å². The van der Waals surface area contributed by atoms with Crippen LogP contribution >= 0.6 is 0 Å². The first-order valence-electron chi connectivity index (χ1n) is 7.09. The van der Waals surface area contributed by atoms with Crippen molar-refractivity contribution in [2.75, 3.05) is 11.3 Å². The van der Waals surface area contributed by atoms with Gasteiger partial charge in [-0.1, -0.05) is 6.07 Å². The molecule has 0 aliphatic rings. The second-order valence-corrected chi connectivity index (χ2v) is 6.80. The van der Waals surface area contributed by atoms with E-state index in [1.165, 1.54) is 42.5 Å². The molecule has 0 aromatic heterocycles. The fraction of sp³-hybridized carbons (Fsp3) is 0.125. The average molecular weight is 383 g/mol. The molecule has 2 N–H and O–H groups in total. The molecule has 0 heterocycles. The number of nitrogens with one attached hydrogen (secondary N) is 2. The van der Waals surface area contributed by atoms with E-state index in [0.29, 0.717) is 5.56 Å². The van der Waals surface area contributed by atoms with E-state index in [2.05, 4.69) is 4.72 Å². The number of amides is 1. The van der Waals surface area contributed by atoms with Gasteiger partial charge in [0.15, 0.2) is 0 Å². The molecule has 0 saturated heterocycles. The summed E-state index contributed by atoms with van der Waals surface area (Å²) >= 11 is 0. The Morgan fingerprint density at radius 2 is 1.77 bits per heavy atom. The van der Waals surface area contributed by atoms with Gasteiger partial charge in [-0.05, 0) is 42.5 Å². The van der Waals surface area contributed by atoms with Crippen LogP contribution in [0.3, 0.4) is 0 Å². The number of rotatable bonds is 5. The lowest BCUT2D eigenvalue weighted by Gasteiger charge is -2.11. The second-order valence-electron chi connectivity index (χ2n) is 5.12. The fourth-order valence-corrected chi connectivity index (χ4v) is 3.02. The van der Waals surface area contributed by atoms with Crippen molar-refractivity contribution in [3.63, 3.8) is 0 Å². The van der Waals surface area contributed by atoms with Crippen molar-refractivity contribution in [3.05, 3.63) is 59.7 Å². The van der Waals surface area contributed by atoms with Crippen LogP contribution in [0, 0.1) is 11.3 Å². The van der Waals surface area contributed by atoms with Gasteiger partial charge in [0.1, 0.15) is 6.54 Å².